The van der Waals surface area contributed by atoms with Gasteiger partial charge < -0.3 is 14.4 Å². The first-order valence-corrected chi connectivity index (χ1v) is 16.1. The van der Waals surface area contributed by atoms with Gasteiger partial charge in [0.25, 0.3) is 5.91 Å². The minimum Gasteiger partial charge on any atom is -0.491 e. The smallest absolute Gasteiger partial charge is 0.339 e. The van der Waals surface area contributed by atoms with Crippen molar-refractivity contribution in [1.82, 2.24) is 14.8 Å². The lowest BCUT2D eigenvalue weighted by Crippen LogP contribution is -2.50. The molecule has 3 aliphatic rings. The summed E-state index contributed by atoms with van der Waals surface area (Å²) in [7, 11) is 1.34. The number of carbonyl (C=O) groups is 2. The van der Waals surface area contributed by atoms with Gasteiger partial charge in [0.1, 0.15) is 17.4 Å². The van der Waals surface area contributed by atoms with Crippen molar-refractivity contribution in [2.45, 2.75) is 83.9 Å². The predicted octanol–water partition coefficient (Wildman–Crippen LogP) is 6.70. The molecule has 0 spiro atoms. The third-order valence-corrected chi connectivity index (χ3v) is 9.23. The average molecular weight is 618 g/mol. The quantitative estimate of drug-likeness (QED) is 0.249. The van der Waals surface area contributed by atoms with Crippen LogP contribution in [-0.2, 0) is 24.1 Å². The van der Waals surface area contributed by atoms with E-state index in [1.54, 1.807) is 6.07 Å². The number of methoxy groups -OCH3 is 1. The fourth-order valence-corrected chi connectivity index (χ4v) is 6.79. The summed E-state index contributed by atoms with van der Waals surface area (Å²) in [5, 5.41) is 0. The topological polar surface area (TPSA) is 72.0 Å². The van der Waals surface area contributed by atoms with Crippen molar-refractivity contribution in [1.29, 1.82) is 0 Å². The molecule has 7 nitrogen and oxygen atoms in total. The minimum absolute atomic E-state index is 0.0669. The zero-order valence-electron chi connectivity index (χ0n) is 26.5. The number of likely N-dealkylation sites (tertiary alicyclic amines) is 1. The maximum Gasteiger partial charge on any atom is 0.339 e. The number of aromatic nitrogens is 1. The number of halogens is 2. The van der Waals surface area contributed by atoms with E-state index >= 15 is 0 Å². The predicted molar refractivity (Wildman–Crippen MR) is 168 cm³/mol. The van der Waals surface area contributed by atoms with E-state index in [0.717, 1.165) is 73.0 Å². The minimum atomic E-state index is -0.591. The van der Waals surface area contributed by atoms with E-state index in [0.29, 0.717) is 54.2 Å². The molecule has 9 heteroatoms. The van der Waals surface area contributed by atoms with Gasteiger partial charge in [-0.15, -0.1) is 0 Å². The van der Waals surface area contributed by atoms with Crippen molar-refractivity contribution >= 4 is 11.9 Å². The normalized spacial score (nSPS) is 17.5. The lowest BCUT2D eigenvalue weighted by Gasteiger charge is -2.40. The highest BCUT2D eigenvalue weighted by molar-refractivity contribution is 6.00. The van der Waals surface area contributed by atoms with E-state index in [-0.39, 0.29) is 18.1 Å². The number of rotatable bonds is 9. The molecule has 238 valence electrons. The second-order valence-electron chi connectivity index (χ2n) is 12.7. The molecule has 0 unspecified atom stereocenters. The van der Waals surface area contributed by atoms with Gasteiger partial charge >= 0.3 is 5.97 Å². The SMILES string of the molecule is CCc1nc2c(cc1C(=O)OC)C(=O)N(C1CCN(Cc3cc(C4CC4)c(-c4ccc(F)cc4F)cc3OC(C)C)CC1)CC2. The van der Waals surface area contributed by atoms with Gasteiger partial charge in [0.05, 0.1) is 35.7 Å². The average Bonchev–Trinajstić information content (AvgIpc) is 3.87. The van der Waals surface area contributed by atoms with Crippen LogP contribution in [0.5, 0.6) is 5.75 Å². The molecule has 0 N–H and O–H groups in total. The first-order valence-electron chi connectivity index (χ1n) is 16.1. The third-order valence-electron chi connectivity index (χ3n) is 9.23. The molecule has 2 aromatic carbocycles. The van der Waals surface area contributed by atoms with Crippen molar-refractivity contribution in [2.75, 3.05) is 26.7 Å². The molecule has 0 atom stereocenters. The molecule has 45 heavy (non-hydrogen) atoms. The number of nitrogens with zero attached hydrogens (tertiary/aromatic N) is 3. The molecule has 1 aliphatic carbocycles. The summed E-state index contributed by atoms with van der Waals surface area (Å²) in [5.41, 5.74) is 5.60. The first kappa shape index (κ1) is 31.1. The molecule has 3 aromatic rings. The van der Waals surface area contributed by atoms with Crippen molar-refractivity contribution in [3.05, 3.63) is 81.7 Å². The maximum absolute atomic E-state index is 14.9. The number of esters is 1. The molecule has 0 bridgehead atoms. The summed E-state index contributed by atoms with van der Waals surface area (Å²) in [4.78, 5) is 35.1. The number of benzene rings is 2. The molecule has 3 heterocycles. The number of pyridine rings is 1. The summed E-state index contributed by atoms with van der Waals surface area (Å²) in [6.07, 6.45) is 4.95. The van der Waals surface area contributed by atoms with Crippen LogP contribution >= 0.6 is 0 Å². The summed E-state index contributed by atoms with van der Waals surface area (Å²) < 4.78 is 39.9. The number of fused-ring (bicyclic) bond motifs is 1. The number of ether oxygens (including phenoxy) is 2. The van der Waals surface area contributed by atoms with Crippen LogP contribution in [0.4, 0.5) is 8.78 Å². The van der Waals surface area contributed by atoms with Crippen LogP contribution in [0, 0.1) is 11.6 Å². The molecule has 2 fully saturated rings. The van der Waals surface area contributed by atoms with Gasteiger partial charge in [-0.3, -0.25) is 14.7 Å². The van der Waals surface area contributed by atoms with Gasteiger partial charge in [0, 0.05) is 55.8 Å². The maximum atomic E-state index is 14.9. The molecule has 6 rings (SSSR count). The Kier molecular flexibility index (Phi) is 8.91. The Balaban J connectivity index is 1.19. The van der Waals surface area contributed by atoms with E-state index in [1.807, 2.05) is 31.7 Å². The number of hydrogen-bond acceptors (Lipinski definition) is 6. The number of piperidine rings is 1. The number of aryl methyl sites for hydroxylation is 1. The number of hydrogen-bond donors (Lipinski definition) is 0. The Labute approximate surface area is 263 Å². The van der Waals surface area contributed by atoms with Gasteiger partial charge in [0.2, 0.25) is 0 Å². The van der Waals surface area contributed by atoms with Crippen molar-refractivity contribution < 1.29 is 27.8 Å². The van der Waals surface area contributed by atoms with Gasteiger partial charge in [-0.1, -0.05) is 6.92 Å². The Morgan fingerprint density at radius 2 is 1.76 bits per heavy atom. The number of carbonyl (C=O) groups excluding carboxylic acids is 2. The molecule has 1 saturated carbocycles. The Bertz CT molecular complexity index is 1610. The van der Waals surface area contributed by atoms with Crippen molar-refractivity contribution in [3.8, 4) is 16.9 Å². The molecular formula is C36H41F2N3O4. The molecule has 1 amide bonds. The number of amides is 1. The standard InChI is InChI=1S/C36H41F2N3O4/c1-5-32-30(36(43)44-4)18-29-33(39-32)12-15-41(35(29)42)25-10-13-40(14-11-25)20-23-16-27(22-6-7-22)28(19-34(23)45-21(2)3)26-9-8-24(37)17-31(26)38/h8-9,16-19,21-22,25H,5-7,10-15,20H2,1-4H3. The van der Waals surface area contributed by atoms with Crippen molar-refractivity contribution in [3.63, 3.8) is 0 Å². The van der Waals surface area contributed by atoms with Gasteiger partial charge in [0.15, 0.2) is 0 Å². The van der Waals surface area contributed by atoms with Crippen LogP contribution in [0.25, 0.3) is 11.1 Å². The lowest BCUT2D eigenvalue weighted by molar-refractivity contribution is 0.0542. The summed E-state index contributed by atoms with van der Waals surface area (Å²) >= 11 is 0. The lowest BCUT2D eigenvalue weighted by atomic mass is 9.92. The monoisotopic (exact) mass is 617 g/mol. The van der Waals surface area contributed by atoms with Crippen LogP contribution < -0.4 is 4.74 Å². The van der Waals surface area contributed by atoms with E-state index in [4.69, 9.17) is 9.47 Å². The van der Waals surface area contributed by atoms with Crippen LogP contribution in [0.2, 0.25) is 0 Å². The molecule has 1 aromatic heterocycles. The van der Waals surface area contributed by atoms with E-state index in [2.05, 4.69) is 16.0 Å². The Morgan fingerprint density at radius 1 is 1.00 bits per heavy atom. The van der Waals surface area contributed by atoms with E-state index < -0.39 is 17.6 Å². The largest absolute Gasteiger partial charge is 0.491 e. The summed E-state index contributed by atoms with van der Waals surface area (Å²) in [5.74, 6) is -0.620. The highest BCUT2D eigenvalue weighted by Crippen LogP contribution is 2.47. The third kappa shape index (κ3) is 6.45. The van der Waals surface area contributed by atoms with Gasteiger partial charge in [-0.05, 0) is 93.3 Å². The summed E-state index contributed by atoms with van der Waals surface area (Å²) in [6, 6.07) is 9.65. The Hall–Kier alpha value is -3.85. The second-order valence-corrected chi connectivity index (χ2v) is 12.7. The van der Waals surface area contributed by atoms with Crippen molar-refractivity contribution in [2.24, 2.45) is 0 Å². The van der Waals surface area contributed by atoms with Gasteiger partial charge in [-0.25, -0.2) is 13.6 Å². The Morgan fingerprint density at radius 3 is 2.40 bits per heavy atom. The van der Waals surface area contributed by atoms with E-state index in [9.17, 15) is 18.4 Å². The zero-order valence-corrected chi connectivity index (χ0v) is 26.5. The molecule has 0 radical (unpaired) electrons. The van der Waals surface area contributed by atoms with Crippen LogP contribution in [0.15, 0.2) is 36.4 Å². The van der Waals surface area contributed by atoms with Gasteiger partial charge in [-0.2, -0.15) is 0 Å². The highest BCUT2D eigenvalue weighted by atomic mass is 19.1. The van der Waals surface area contributed by atoms with E-state index in [1.165, 1.54) is 19.2 Å². The van der Waals surface area contributed by atoms with Crippen LogP contribution in [0.1, 0.15) is 95.6 Å². The first-order chi connectivity index (χ1) is 21.7. The highest BCUT2D eigenvalue weighted by Gasteiger charge is 2.35. The molecule has 2 aliphatic heterocycles. The van der Waals surface area contributed by atoms with Crippen LogP contribution in [0.3, 0.4) is 0 Å². The zero-order chi connectivity index (χ0) is 31.8. The molecular weight excluding hydrogens is 576 g/mol. The fraction of sp³-hybridized carbons (Fsp3) is 0.472. The summed E-state index contributed by atoms with van der Waals surface area (Å²) in [6.45, 7) is 8.82. The van der Waals surface area contributed by atoms with Crippen LogP contribution in [-0.4, -0.2) is 65.6 Å². The second kappa shape index (κ2) is 12.9. The molecule has 1 saturated heterocycles. The fourth-order valence-electron chi connectivity index (χ4n) is 6.79.